The lowest BCUT2D eigenvalue weighted by Gasteiger charge is -2.19. The molecule has 0 unspecified atom stereocenters. The summed E-state index contributed by atoms with van der Waals surface area (Å²) in [5.41, 5.74) is 4.59. The summed E-state index contributed by atoms with van der Waals surface area (Å²) in [6.07, 6.45) is 2.25. The van der Waals surface area contributed by atoms with E-state index in [1.54, 1.807) is 0 Å². The predicted molar refractivity (Wildman–Crippen MR) is 123 cm³/mol. The number of halogens is 1. The first kappa shape index (κ1) is 20.1. The smallest absolute Gasteiger partial charge is 0.163 e. The van der Waals surface area contributed by atoms with Gasteiger partial charge in [-0.15, -0.1) is 0 Å². The van der Waals surface area contributed by atoms with Crippen LogP contribution in [0.3, 0.4) is 0 Å². The van der Waals surface area contributed by atoms with E-state index in [4.69, 9.17) is 9.47 Å². The van der Waals surface area contributed by atoms with Gasteiger partial charge in [0.15, 0.2) is 11.5 Å². The van der Waals surface area contributed by atoms with Gasteiger partial charge in [0, 0.05) is 35.4 Å². The quantitative estimate of drug-likeness (QED) is 0.402. The lowest BCUT2D eigenvalue weighted by atomic mass is 10.0. The van der Waals surface area contributed by atoms with Gasteiger partial charge >= 0.3 is 0 Å². The van der Waals surface area contributed by atoms with E-state index in [0.717, 1.165) is 45.8 Å². The molecule has 164 valence electrons. The molecule has 1 aliphatic rings. The minimum absolute atomic E-state index is 0.224. The van der Waals surface area contributed by atoms with Crippen LogP contribution in [0.15, 0.2) is 42.7 Å². The minimum atomic E-state index is -0.224. The van der Waals surface area contributed by atoms with Crippen molar-refractivity contribution in [3.63, 3.8) is 0 Å². The van der Waals surface area contributed by atoms with E-state index in [0.29, 0.717) is 36.9 Å². The maximum absolute atomic E-state index is 14.2. The summed E-state index contributed by atoms with van der Waals surface area (Å²) in [7, 11) is 0. The molecule has 0 saturated carbocycles. The number of H-pyrrole nitrogens is 1. The molecule has 0 spiro atoms. The van der Waals surface area contributed by atoms with Crippen LogP contribution in [0, 0.1) is 19.7 Å². The van der Waals surface area contributed by atoms with Gasteiger partial charge in [0.1, 0.15) is 37.0 Å². The van der Waals surface area contributed by atoms with E-state index in [1.165, 1.54) is 12.4 Å². The van der Waals surface area contributed by atoms with Crippen LogP contribution in [-0.2, 0) is 6.42 Å². The predicted octanol–water partition coefficient (Wildman–Crippen LogP) is 4.88. The summed E-state index contributed by atoms with van der Waals surface area (Å²) < 4.78 is 25.4. The van der Waals surface area contributed by atoms with E-state index in [1.807, 2.05) is 44.2 Å². The second-order valence-electron chi connectivity index (χ2n) is 7.79. The zero-order valence-corrected chi connectivity index (χ0v) is 18.0. The number of rotatable bonds is 6. The molecule has 3 heterocycles. The molecule has 2 aromatic heterocycles. The van der Waals surface area contributed by atoms with Gasteiger partial charge < -0.3 is 25.1 Å². The van der Waals surface area contributed by atoms with Crippen molar-refractivity contribution in [1.29, 1.82) is 0 Å². The molecule has 2 aromatic carbocycles. The van der Waals surface area contributed by atoms with Crippen molar-refractivity contribution in [3.05, 3.63) is 65.4 Å². The lowest BCUT2D eigenvalue weighted by Crippen LogP contribution is -2.15. The molecule has 8 heteroatoms. The van der Waals surface area contributed by atoms with Gasteiger partial charge in [0.25, 0.3) is 0 Å². The molecule has 7 nitrogen and oxygen atoms in total. The average Bonchev–Trinajstić information content (AvgIpc) is 3.14. The molecule has 4 aromatic rings. The van der Waals surface area contributed by atoms with Gasteiger partial charge in [-0.2, -0.15) is 0 Å². The Morgan fingerprint density at radius 1 is 1.00 bits per heavy atom. The molecule has 0 amide bonds. The standard InChI is InChI=1S/C24H24FN5O2/c1-14-3-5-18(25)24-23(14)17(15(2)29-24)7-8-26-21-12-22(28-13-27-21)30-16-4-6-19-20(11-16)32-10-9-31-19/h3-6,11-13,29H,7-10H2,1-2H3,(H2,26,27,28,30). The number of aryl methyl sites for hydroxylation is 2. The zero-order valence-electron chi connectivity index (χ0n) is 18.0. The zero-order chi connectivity index (χ0) is 22.1. The second-order valence-corrected chi connectivity index (χ2v) is 7.79. The first-order valence-corrected chi connectivity index (χ1v) is 10.6. The lowest BCUT2D eigenvalue weighted by molar-refractivity contribution is 0.171. The summed E-state index contributed by atoms with van der Waals surface area (Å²) >= 11 is 0. The Morgan fingerprint density at radius 3 is 2.69 bits per heavy atom. The minimum Gasteiger partial charge on any atom is -0.486 e. The highest BCUT2D eigenvalue weighted by Gasteiger charge is 2.14. The van der Waals surface area contributed by atoms with Crippen LogP contribution in [0.2, 0.25) is 0 Å². The maximum atomic E-state index is 14.2. The number of nitrogens with zero attached hydrogens (tertiary/aromatic N) is 2. The first-order chi connectivity index (χ1) is 15.6. The molecular formula is C24H24FN5O2. The summed E-state index contributed by atoms with van der Waals surface area (Å²) in [6.45, 7) is 5.75. The van der Waals surface area contributed by atoms with Crippen molar-refractivity contribution < 1.29 is 13.9 Å². The Morgan fingerprint density at radius 2 is 1.81 bits per heavy atom. The average molecular weight is 433 g/mol. The van der Waals surface area contributed by atoms with E-state index < -0.39 is 0 Å². The molecule has 0 fully saturated rings. The molecular weight excluding hydrogens is 409 g/mol. The topological polar surface area (TPSA) is 84.1 Å². The Bertz CT molecular complexity index is 1290. The number of nitrogens with one attached hydrogen (secondary N) is 3. The fourth-order valence-corrected chi connectivity index (χ4v) is 4.06. The van der Waals surface area contributed by atoms with Crippen molar-refractivity contribution >= 4 is 28.2 Å². The summed E-state index contributed by atoms with van der Waals surface area (Å²) in [6, 6.07) is 10.9. The molecule has 1 aliphatic heterocycles. The molecule has 32 heavy (non-hydrogen) atoms. The third kappa shape index (κ3) is 3.91. The third-order valence-electron chi connectivity index (χ3n) is 5.59. The fourth-order valence-electron chi connectivity index (χ4n) is 4.06. The van der Waals surface area contributed by atoms with Crippen LogP contribution < -0.4 is 20.1 Å². The third-order valence-corrected chi connectivity index (χ3v) is 5.59. The van der Waals surface area contributed by atoms with Gasteiger partial charge in [-0.1, -0.05) is 6.07 Å². The molecule has 0 aliphatic carbocycles. The fraction of sp³-hybridized carbons (Fsp3) is 0.250. The Kier molecular flexibility index (Phi) is 5.26. The van der Waals surface area contributed by atoms with Gasteiger partial charge in [-0.3, -0.25) is 0 Å². The first-order valence-electron chi connectivity index (χ1n) is 10.6. The molecule has 0 atom stereocenters. The summed E-state index contributed by atoms with van der Waals surface area (Å²) in [4.78, 5) is 11.8. The maximum Gasteiger partial charge on any atom is 0.163 e. The molecule has 5 rings (SSSR count). The summed E-state index contributed by atoms with van der Waals surface area (Å²) in [5, 5.41) is 7.58. The van der Waals surface area contributed by atoms with Gasteiger partial charge in [-0.05, 0) is 49.6 Å². The van der Waals surface area contributed by atoms with Crippen LogP contribution in [0.4, 0.5) is 21.7 Å². The molecule has 3 N–H and O–H groups in total. The van der Waals surface area contributed by atoms with Gasteiger partial charge in [0.2, 0.25) is 0 Å². The van der Waals surface area contributed by atoms with Gasteiger partial charge in [-0.25, -0.2) is 14.4 Å². The van der Waals surface area contributed by atoms with Crippen LogP contribution in [-0.4, -0.2) is 34.7 Å². The number of aromatic amines is 1. The molecule has 0 saturated heterocycles. The largest absolute Gasteiger partial charge is 0.486 e. The number of aromatic nitrogens is 3. The van der Waals surface area contributed by atoms with E-state index in [-0.39, 0.29) is 5.82 Å². The van der Waals surface area contributed by atoms with Crippen molar-refractivity contribution in [3.8, 4) is 11.5 Å². The van der Waals surface area contributed by atoms with Crippen LogP contribution in [0.5, 0.6) is 11.5 Å². The highest BCUT2D eigenvalue weighted by atomic mass is 19.1. The van der Waals surface area contributed by atoms with Crippen molar-refractivity contribution in [1.82, 2.24) is 15.0 Å². The monoisotopic (exact) mass is 433 g/mol. The molecule has 0 radical (unpaired) electrons. The number of hydrogen-bond donors (Lipinski definition) is 3. The SMILES string of the molecule is Cc1[nH]c2c(F)ccc(C)c2c1CCNc1cc(Nc2ccc3c(c2)OCCO3)ncn1. The van der Waals surface area contributed by atoms with Crippen molar-refractivity contribution in [2.45, 2.75) is 20.3 Å². The number of hydrogen-bond acceptors (Lipinski definition) is 6. The van der Waals surface area contributed by atoms with Crippen LogP contribution in [0.25, 0.3) is 10.9 Å². The number of anilines is 3. The number of fused-ring (bicyclic) bond motifs is 2. The summed E-state index contributed by atoms with van der Waals surface area (Å²) in [5.74, 6) is 2.61. The second kappa shape index (κ2) is 8.37. The molecule has 0 bridgehead atoms. The highest BCUT2D eigenvalue weighted by molar-refractivity contribution is 5.88. The Balaban J connectivity index is 1.27. The van der Waals surface area contributed by atoms with E-state index in [2.05, 4.69) is 25.6 Å². The normalized spacial score (nSPS) is 12.7. The Labute approximate surface area is 185 Å². The number of benzene rings is 2. The number of ether oxygens (including phenoxy) is 2. The van der Waals surface area contributed by atoms with Crippen LogP contribution in [0.1, 0.15) is 16.8 Å². The van der Waals surface area contributed by atoms with E-state index in [9.17, 15) is 4.39 Å². The Hall–Kier alpha value is -3.81. The highest BCUT2D eigenvalue weighted by Crippen LogP contribution is 2.33. The van der Waals surface area contributed by atoms with Gasteiger partial charge in [0.05, 0.1) is 5.52 Å². The van der Waals surface area contributed by atoms with Crippen LogP contribution >= 0.6 is 0 Å². The van der Waals surface area contributed by atoms with Crippen molar-refractivity contribution in [2.75, 3.05) is 30.4 Å². The van der Waals surface area contributed by atoms with E-state index >= 15 is 0 Å². The van der Waals surface area contributed by atoms with Crippen molar-refractivity contribution in [2.24, 2.45) is 0 Å².